The lowest BCUT2D eigenvalue weighted by atomic mass is 9.94. The van der Waals surface area contributed by atoms with Gasteiger partial charge in [-0.2, -0.15) is 0 Å². The Kier molecular flexibility index (Phi) is 3.61. The van der Waals surface area contributed by atoms with Crippen molar-refractivity contribution in [1.82, 2.24) is 4.98 Å². The van der Waals surface area contributed by atoms with Crippen molar-refractivity contribution in [2.24, 2.45) is 0 Å². The molecule has 1 aliphatic heterocycles. The van der Waals surface area contributed by atoms with Crippen LogP contribution in [0, 0.1) is 0 Å². The summed E-state index contributed by atoms with van der Waals surface area (Å²) in [6, 6.07) is 2.00. The van der Waals surface area contributed by atoms with Crippen LogP contribution in [0.25, 0.3) is 0 Å². The molecule has 2 heterocycles. The molecule has 1 N–H and O–H groups in total. The number of carboxylic acids is 1. The van der Waals surface area contributed by atoms with Gasteiger partial charge in [0.25, 0.3) is 0 Å². The molecule has 1 atom stereocenters. The van der Waals surface area contributed by atoms with Crippen LogP contribution in [0.1, 0.15) is 41.4 Å². The average molecular weight is 276 g/mol. The van der Waals surface area contributed by atoms with E-state index in [0.717, 1.165) is 36.9 Å². The third kappa shape index (κ3) is 2.38. The lowest BCUT2D eigenvalue weighted by Crippen LogP contribution is -2.45. The summed E-state index contributed by atoms with van der Waals surface area (Å²) in [4.78, 5) is 18.3. The number of anilines is 1. The van der Waals surface area contributed by atoms with Crippen molar-refractivity contribution >= 4 is 11.8 Å². The third-order valence-electron chi connectivity index (χ3n) is 4.15. The van der Waals surface area contributed by atoms with Crippen molar-refractivity contribution in [3.63, 3.8) is 0 Å². The van der Waals surface area contributed by atoms with E-state index in [2.05, 4.69) is 4.90 Å². The van der Waals surface area contributed by atoms with Gasteiger partial charge >= 0.3 is 5.97 Å². The van der Waals surface area contributed by atoms with E-state index in [9.17, 15) is 9.90 Å². The van der Waals surface area contributed by atoms with Gasteiger partial charge in [0.1, 0.15) is 11.4 Å². The standard InChI is InChI=1S/C15H20N2O3/c1-10-9-20-7-6-17(10)14-12(15(18)19)8-11-4-2-3-5-13(11)16-14/h8,10H,2-7,9H2,1H3,(H,18,19). The molecule has 5 heteroatoms. The number of carboxylic acid groups (broad SMARTS) is 1. The Balaban J connectivity index is 2.05. The molecule has 1 aromatic heterocycles. The van der Waals surface area contributed by atoms with E-state index in [1.165, 1.54) is 0 Å². The molecule has 108 valence electrons. The number of fused-ring (bicyclic) bond motifs is 1. The maximum Gasteiger partial charge on any atom is 0.339 e. The van der Waals surface area contributed by atoms with Crippen molar-refractivity contribution < 1.29 is 14.6 Å². The predicted molar refractivity (Wildman–Crippen MR) is 75.5 cm³/mol. The van der Waals surface area contributed by atoms with Gasteiger partial charge in [0.2, 0.25) is 0 Å². The number of ether oxygens (including phenoxy) is 1. The first kappa shape index (κ1) is 13.4. The fraction of sp³-hybridized carbons (Fsp3) is 0.600. The van der Waals surface area contributed by atoms with Gasteiger partial charge in [0.15, 0.2) is 0 Å². The Morgan fingerprint density at radius 2 is 2.25 bits per heavy atom. The molecule has 1 unspecified atom stereocenters. The Hall–Kier alpha value is -1.62. The molecule has 0 amide bonds. The summed E-state index contributed by atoms with van der Waals surface area (Å²) in [6.45, 7) is 4.00. The molecule has 1 aliphatic carbocycles. The zero-order valence-electron chi connectivity index (χ0n) is 11.8. The van der Waals surface area contributed by atoms with Crippen molar-refractivity contribution in [3.05, 3.63) is 22.9 Å². The summed E-state index contributed by atoms with van der Waals surface area (Å²) in [5, 5.41) is 9.49. The number of hydrogen-bond donors (Lipinski definition) is 1. The van der Waals surface area contributed by atoms with E-state index >= 15 is 0 Å². The largest absolute Gasteiger partial charge is 0.478 e. The molecule has 0 spiro atoms. The maximum absolute atomic E-state index is 11.6. The van der Waals surface area contributed by atoms with Crippen LogP contribution in [-0.4, -0.2) is 41.9 Å². The number of pyridine rings is 1. The Labute approximate surface area is 118 Å². The van der Waals surface area contributed by atoms with Gasteiger partial charge in [-0.1, -0.05) is 0 Å². The fourth-order valence-electron chi connectivity index (χ4n) is 3.04. The van der Waals surface area contributed by atoms with Crippen LogP contribution in [0.4, 0.5) is 5.82 Å². The monoisotopic (exact) mass is 276 g/mol. The molecule has 1 saturated heterocycles. The summed E-state index contributed by atoms with van der Waals surface area (Å²) >= 11 is 0. The minimum Gasteiger partial charge on any atom is -0.478 e. The van der Waals surface area contributed by atoms with Crippen molar-refractivity contribution in [2.45, 2.75) is 38.6 Å². The molecule has 20 heavy (non-hydrogen) atoms. The van der Waals surface area contributed by atoms with Gasteiger partial charge in [-0.25, -0.2) is 9.78 Å². The van der Waals surface area contributed by atoms with Crippen LogP contribution in [0.2, 0.25) is 0 Å². The highest BCUT2D eigenvalue weighted by molar-refractivity contribution is 5.93. The van der Waals surface area contributed by atoms with E-state index in [1.807, 2.05) is 13.0 Å². The SMILES string of the molecule is CC1COCCN1c1nc2c(cc1C(=O)O)CCCC2. The minimum atomic E-state index is -0.889. The number of nitrogens with zero attached hydrogens (tertiary/aromatic N) is 2. The number of aromatic carboxylic acids is 1. The summed E-state index contributed by atoms with van der Waals surface area (Å²) in [6.07, 6.45) is 4.17. The van der Waals surface area contributed by atoms with Gasteiger partial charge in [-0.3, -0.25) is 0 Å². The smallest absolute Gasteiger partial charge is 0.339 e. The molecule has 0 aromatic carbocycles. The molecule has 3 rings (SSSR count). The zero-order chi connectivity index (χ0) is 14.1. The second kappa shape index (κ2) is 5.40. The second-order valence-electron chi connectivity index (χ2n) is 5.59. The first-order valence-corrected chi connectivity index (χ1v) is 7.27. The highest BCUT2D eigenvalue weighted by Crippen LogP contribution is 2.28. The summed E-state index contributed by atoms with van der Waals surface area (Å²) in [5.41, 5.74) is 2.52. The Morgan fingerprint density at radius 1 is 1.45 bits per heavy atom. The number of aryl methyl sites for hydroxylation is 2. The molecule has 2 aliphatic rings. The zero-order valence-corrected chi connectivity index (χ0v) is 11.8. The highest BCUT2D eigenvalue weighted by Gasteiger charge is 2.27. The van der Waals surface area contributed by atoms with Crippen LogP contribution in [0.15, 0.2) is 6.07 Å². The van der Waals surface area contributed by atoms with Gasteiger partial charge in [0.05, 0.1) is 19.3 Å². The highest BCUT2D eigenvalue weighted by atomic mass is 16.5. The van der Waals surface area contributed by atoms with Crippen molar-refractivity contribution in [1.29, 1.82) is 0 Å². The van der Waals surface area contributed by atoms with E-state index in [4.69, 9.17) is 9.72 Å². The Bertz CT molecular complexity index is 530. The number of carbonyl (C=O) groups is 1. The number of hydrogen-bond acceptors (Lipinski definition) is 4. The van der Waals surface area contributed by atoms with Gasteiger partial charge in [-0.05, 0) is 44.2 Å². The van der Waals surface area contributed by atoms with Gasteiger partial charge in [0, 0.05) is 12.2 Å². The average Bonchev–Trinajstić information content (AvgIpc) is 2.46. The lowest BCUT2D eigenvalue weighted by Gasteiger charge is -2.35. The third-order valence-corrected chi connectivity index (χ3v) is 4.15. The predicted octanol–water partition coefficient (Wildman–Crippen LogP) is 1.88. The first-order chi connectivity index (χ1) is 9.66. The van der Waals surface area contributed by atoms with Crippen LogP contribution >= 0.6 is 0 Å². The molecular weight excluding hydrogens is 256 g/mol. The quantitative estimate of drug-likeness (QED) is 0.893. The minimum absolute atomic E-state index is 0.163. The number of morpholine rings is 1. The number of rotatable bonds is 2. The maximum atomic E-state index is 11.6. The normalized spacial score (nSPS) is 22.4. The van der Waals surface area contributed by atoms with Crippen LogP contribution in [0.5, 0.6) is 0 Å². The molecule has 0 bridgehead atoms. The topological polar surface area (TPSA) is 62.7 Å². The van der Waals surface area contributed by atoms with Gasteiger partial charge < -0.3 is 14.7 Å². The van der Waals surface area contributed by atoms with Gasteiger partial charge in [-0.15, -0.1) is 0 Å². The second-order valence-corrected chi connectivity index (χ2v) is 5.59. The summed E-state index contributed by atoms with van der Waals surface area (Å²) < 4.78 is 5.43. The molecular formula is C15H20N2O3. The van der Waals surface area contributed by atoms with E-state index in [1.54, 1.807) is 0 Å². The van der Waals surface area contributed by atoms with Crippen LogP contribution < -0.4 is 4.90 Å². The van der Waals surface area contributed by atoms with E-state index in [-0.39, 0.29) is 6.04 Å². The van der Waals surface area contributed by atoms with Crippen molar-refractivity contribution in [3.8, 4) is 0 Å². The molecule has 1 aromatic rings. The summed E-state index contributed by atoms with van der Waals surface area (Å²) in [5.74, 6) is -0.270. The van der Waals surface area contributed by atoms with E-state index < -0.39 is 5.97 Å². The van der Waals surface area contributed by atoms with Crippen LogP contribution in [0.3, 0.4) is 0 Å². The molecule has 0 radical (unpaired) electrons. The summed E-state index contributed by atoms with van der Waals surface area (Å²) in [7, 11) is 0. The Morgan fingerprint density at radius 3 is 3.00 bits per heavy atom. The molecule has 1 fully saturated rings. The van der Waals surface area contributed by atoms with Crippen molar-refractivity contribution in [2.75, 3.05) is 24.7 Å². The number of aromatic nitrogens is 1. The first-order valence-electron chi connectivity index (χ1n) is 7.27. The van der Waals surface area contributed by atoms with Crippen LogP contribution in [-0.2, 0) is 17.6 Å². The molecule has 0 saturated carbocycles. The fourth-order valence-corrected chi connectivity index (χ4v) is 3.04. The van der Waals surface area contributed by atoms with E-state index in [0.29, 0.717) is 31.1 Å². The molecule has 5 nitrogen and oxygen atoms in total. The lowest BCUT2D eigenvalue weighted by molar-refractivity contribution is 0.0694.